The summed E-state index contributed by atoms with van der Waals surface area (Å²) in [6.45, 7) is 2.90. The number of nitrogens with two attached hydrogens (primary N) is 1. The summed E-state index contributed by atoms with van der Waals surface area (Å²) in [6.07, 6.45) is 2.29. The number of aryl methyl sites for hydroxylation is 1. The van der Waals surface area contributed by atoms with Crippen LogP contribution < -0.4 is 10.6 Å². The Bertz CT molecular complexity index is 673. The number of hydrogen-bond donors (Lipinski definition) is 1. The van der Waals surface area contributed by atoms with Gasteiger partial charge in [0.25, 0.3) is 0 Å². The number of hydrogen-bond acceptors (Lipinski definition) is 5. The van der Waals surface area contributed by atoms with Gasteiger partial charge >= 0.3 is 0 Å². The quantitative estimate of drug-likeness (QED) is 0.875. The van der Waals surface area contributed by atoms with Crippen molar-refractivity contribution in [3.8, 4) is 0 Å². The highest BCUT2D eigenvalue weighted by atomic mass is 32.1. The van der Waals surface area contributed by atoms with Crippen LogP contribution in [0.4, 0.5) is 10.8 Å². The Morgan fingerprint density at radius 1 is 1.42 bits per heavy atom. The summed E-state index contributed by atoms with van der Waals surface area (Å²) in [4.78, 5) is 20.8. The van der Waals surface area contributed by atoms with Crippen molar-refractivity contribution in [1.29, 1.82) is 0 Å². The number of carbonyl (C=O) groups is 1. The molecule has 1 fully saturated rings. The Kier molecular flexibility index (Phi) is 5.35. The molecule has 1 amide bonds. The first-order chi connectivity index (χ1) is 11.6. The Balaban J connectivity index is 1.44. The molecule has 6 heteroatoms. The smallest absolute Gasteiger partial charge is 0.222 e. The second-order valence-corrected chi connectivity index (χ2v) is 7.28. The number of amides is 1. The molecular formula is C18H24N4OS. The Labute approximate surface area is 147 Å². The molecule has 2 aromatic rings. The highest BCUT2D eigenvalue weighted by molar-refractivity contribution is 7.13. The van der Waals surface area contributed by atoms with Gasteiger partial charge in [-0.3, -0.25) is 4.79 Å². The molecule has 1 saturated heterocycles. The van der Waals surface area contributed by atoms with Gasteiger partial charge in [0, 0.05) is 44.2 Å². The lowest BCUT2D eigenvalue weighted by Gasteiger charge is -2.22. The topological polar surface area (TPSA) is 62.5 Å². The first-order valence-electron chi connectivity index (χ1n) is 8.35. The lowest BCUT2D eigenvalue weighted by Crippen LogP contribution is -2.33. The fraction of sp³-hybridized carbons (Fsp3) is 0.444. The van der Waals surface area contributed by atoms with Crippen LogP contribution in [0, 0.1) is 5.92 Å². The average molecular weight is 344 g/mol. The summed E-state index contributed by atoms with van der Waals surface area (Å²) in [5.41, 5.74) is 7.81. The molecule has 1 aromatic carbocycles. The molecule has 3 rings (SSSR count). The number of anilines is 2. The van der Waals surface area contributed by atoms with Gasteiger partial charge in [-0.15, -0.1) is 11.3 Å². The molecule has 24 heavy (non-hydrogen) atoms. The van der Waals surface area contributed by atoms with E-state index in [0.717, 1.165) is 31.7 Å². The Morgan fingerprint density at radius 2 is 2.21 bits per heavy atom. The minimum absolute atomic E-state index is 0.180. The first kappa shape index (κ1) is 16.8. The summed E-state index contributed by atoms with van der Waals surface area (Å²) < 4.78 is 0. The van der Waals surface area contributed by atoms with Gasteiger partial charge in [0.1, 0.15) is 0 Å². The van der Waals surface area contributed by atoms with Gasteiger partial charge in [0.15, 0.2) is 5.13 Å². The number of aromatic nitrogens is 1. The van der Waals surface area contributed by atoms with Gasteiger partial charge < -0.3 is 15.5 Å². The van der Waals surface area contributed by atoms with Gasteiger partial charge in [0.2, 0.25) is 5.91 Å². The van der Waals surface area contributed by atoms with Gasteiger partial charge in [-0.25, -0.2) is 4.98 Å². The molecule has 5 nitrogen and oxygen atoms in total. The second-order valence-electron chi connectivity index (χ2n) is 6.39. The number of carbonyl (C=O) groups excluding carboxylic acids is 1. The van der Waals surface area contributed by atoms with E-state index >= 15 is 0 Å². The molecule has 0 saturated carbocycles. The number of benzene rings is 1. The minimum Gasteiger partial charge on any atom is -0.375 e. The van der Waals surface area contributed by atoms with E-state index in [0.29, 0.717) is 23.9 Å². The van der Waals surface area contributed by atoms with E-state index in [9.17, 15) is 4.79 Å². The number of rotatable bonds is 6. The van der Waals surface area contributed by atoms with Crippen LogP contribution in [0.1, 0.15) is 18.5 Å². The Morgan fingerprint density at radius 3 is 2.92 bits per heavy atom. The third kappa shape index (κ3) is 4.26. The molecule has 0 radical (unpaired) electrons. The van der Waals surface area contributed by atoms with Crippen LogP contribution in [0.5, 0.6) is 0 Å². The molecule has 2 heterocycles. The SMILES string of the molecule is CN(C[C@@H]1CCN(c2ccccc2)C1)C(=O)CCc1csc(N)n1. The zero-order valence-corrected chi connectivity index (χ0v) is 14.8. The second kappa shape index (κ2) is 7.66. The van der Waals surface area contributed by atoms with E-state index in [1.54, 1.807) is 0 Å². The summed E-state index contributed by atoms with van der Waals surface area (Å²) in [7, 11) is 1.91. The predicted molar refractivity (Wildman–Crippen MR) is 99.2 cm³/mol. The third-order valence-corrected chi connectivity index (χ3v) is 5.25. The van der Waals surface area contributed by atoms with Crippen molar-refractivity contribution in [2.45, 2.75) is 19.3 Å². The maximum Gasteiger partial charge on any atom is 0.222 e. The number of para-hydroxylation sites is 1. The van der Waals surface area contributed by atoms with Crippen LogP contribution >= 0.6 is 11.3 Å². The molecule has 2 N–H and O–H groups in total. The largest absolute Gasteiger partial charge is 0.375 e. The van der Waals surface area contributed by atoms with Crippen LogP contribution in [0.15, 0.2) is 35.7 Å². The summed E-state index contributed by atoms with van der Waals surface area (Å²) >= 11 is 1.42. The first-order valence-corrected chi connectivity index (χ1v) is 9.23. The zero-order chi connectivity index (χ0) is 16.9. The van der Waals surface area contributed by atoms with Crippen molar-refractivity contribution >= 4 is 28.1 Å². The van der Waals surface area contributed by atoms with Crippen LogP contribution in [0.3, 0.4) is 0 Å². The minimum atomic E-state index is 0.180. The third-order valence-electron chi connectivity index (χ3n) is 4.53. The molecule has 0 bridgehead atoms. The zero-order valence-electron chi connectivity index (χ0n) is 14.0. The van der Waals surface area contributed by atoms with Crippen LogP contribution in [0.2, 0.25) is 0 Å². The van der Waals surface area contributed by atoms with E-state index in [1.807, 2.05) is 23.4 Å². The molecule has 1 aliphatic rings. The summed E-state index contributed by atoms with van der Waals surface area (Å²) in [5.74, 6) is 0.716. The summed E-state index contributed by atoms with van der Waals surface area (Å²) in [6, 6.07) is 10.5. The van der Waals surface area contributed by atoms with E-state index < -0.39 is 0 Å². The fourth-order valence-electron chi connectivity index (χ4n) is 3.21. The normalized spacial score (nSPS) is 17.2. The van der Waals surface area contributed by atoms with Crippen LogP contribution in [0.25, 0.3) is 0 Å². The lowest BCUT2D eigenvalue weighted by atomic mass is 10.1. The van der Waals surface area contributed by atoms with E-state index in [1.165, 1.54) is 17.0 Å². The predicted octanol–water partition coefficient (Wildman–Crippen LogP) is 2.64. The summed E-state index contributed by atoms with van der Waals surface area (Å²) in [5, 5.41) is 2.50. The van der Waals surface area contributed by atoms with Gasteiger partial charge in [-0.2, -0.15) is 0 Å². The van der Waals surface area contributed by atoms with E-state index in [4.69, 9.17) is 5.73 Å². The number of nitrogen functional groups attached to an aromatic ring is 1. The number of nitrogens with zero attached hydrogens (tertiary/aromatic N) is 3. The maximum atomic E-state index is 12.3. The molecule has 128 valence electrons. The van der Waals surface area contributed by atoms with Crippen molar-refractivity contribution in [2.75, 3.05) is 37.3 Å². The van der Waals surface area contributed by atoms with E-state index in [-0.39, 0.29) is 5.91 Å². The van der Waals surface area contributed by atoms with Crippen molar-refractivity contribution in [3.63, 3.8) is 0 Å². The highest BCUT2D eigenvalue weighted by Crippen LogP contribution is 2.24. The van der Waals surface area contributed by atoms with Gasteiger partial charge in [-0.1, -0.05) is 18.2 Å². The molecule has 1 aromatic heterocycles. The maximum absolute atomic E-state index is 12.3. The highest BCUT2D eigenvalue weighted by Gasteiger charge is 2.25. The Hall–Kier alpha value is -2.08. The van der Waals surface area contributed by atoms with Crippen molar-refractivity contribution in [3.05, 3.63) is 41.4 Å². The van der Waals surface area contributed by atoms with Crippen LogP contribution in [-0.4, -0.2) is 42.5 Å². The molecule has 0 spiro atoms. The average Bonchev–Trinajstić information content (AvgIpc) is 3.22. The van der Waals surface area contributed by atoms with Crippen LogP contribution in [-0.2, 0) is 11.2 Å². The van der Waals surface area contributed by atoms with Crippen molar-refractivity contribution in [1.82, 2.24) is 9.88 Å². The lowest BCUT2D eigenvalue weighted by molar-refractivity contribution is -0.130. The molecule has 0 aliphatic carbocycles. The number of thiazole rings is 1. The molecule has 1 atom stereocenters. The van der Waals surface area contributed by atoms with Gasteiger partial charge in [0.05, 0.1) is 5.69 Å². The monoisotopic (exact) mass is 344 g/mol. The molecule has 1 aliphatic heterocycles. The van der Waals surface area contributed by atoms with E-state index in [2.05, 4.69) is 34.1 Å². The van der Waals surface area contributed by atoms with Crippen molar-refractivity contribution in [2.24, 2.45) is 5.92 Å². The van der Waals surface area contributed by atoms with Gasteiger partial charge in [-0.05, 0) is 30.9 Å². The molecule has 0 unspecified atom stereocenters. The fourth-order valence-corrected chi connectivity index (χ4v) is 3.80. The standard InChI is InChI=1S/C18H24N4OS/c1-21(17(23)8-7-15-13-24-18(19)20-15)11-14-9-10-22(12-14)16-5-3-2-4-6-16/h2-6,13-14H,7-12H2,1H3,(H2,19,20)/t14-/m0/s1. The van der Waals surface area contributed by atoms with Crippen molar-refractivity contribution < 1.29 is 4.79 Å². The molecular weight excluding hydrogens is 320 g/mol.